The minimum Gasteiger partial charge on any atom is -0.507 e. The molecule has 2 rings (SSSR count). The van der Waals surface area contributed by atoms with Gasteiger partial charge in [-0.25, -0.2) is 0 Å². The van der Waals surface area contributed by atoms with Crippen LogP contribution in [-0.4, -0.2) is 49.7 Å². The average molecular weight is 343 g/mol. The summed E-state index contributed by atoms with van der Waals surface area (Å²) in [5, 5.41) is 31.3. The predicted octanol–water partition coefficient (Wildman–Crippen LogP) is 2.19. The van der Waals surface area contributed by atoms with Crippen molar-refractivity contribution in [3.05, 3.63) is 22.3 Å². The van der Waals surface area contributed by atoms with Crippen LogP contribution in [0.15, 0.2) is 0 Å². The Labute approximate surface area is 139 Å². The zero-order valence-electron chi connectivity index (χ0n) is 13.1. The second-order valence-electron chi connectivity index (χ2n) is 5.61. The third kappa shape index (κ3) is 2.78. The van der Waals surface area contributed by atoms with Crippen molar-refractivity contribution in [1.82, 2.24) is 4.90 Å². The van der Waals surface area contributed by atoms with Crippen LogP contribution in [0.2, 0.25) is 0 Å². The molecule has 0 saturated carbocycles. The molecule has 1 aliphatic heterocycles. The van der Waals surface area contributed by atoms with Crippen LogP contribution in [0.3, 0.4) is 0 Å². The van der Waals surface area contributed by atoms with Gasteiger partial charge in [-0.05, 0) is 37.5 Å². The maximum Gasteiger partial charge on any atom is 0.172 e. The van der Waals surface area contributed by atoms with Crippen molar-refractivity contribution in [3.63, 3.8) is 0 Å². The second kappa shape index (κ2) is 6.23. The summed E-state index contributed by atoms with van der Waals surface area (Å²) in [6.45, 7) is 5.61. The lowest BCUT2D eigenvalue weighted by Gasteiger charge is -2.34. The number of nitrogens with zero attached hydrogens (tertiary/aromatic N) is 1. The van der Waals surface area contributed by atoms with Gasteiger partial charge in [-0.3, -0.25) is 0 Å². The van der Waals surface area contributed by atoms with Crippen LogP contribution in [0.5, 0.6) is 11.5 Å². The SMILES string of the molecule is COCC1(O)CSC(=S)N1Cc1c(C)c(O)c(C)c(C)c1O. The quantitative estimate of drug-likeness (QED) is 0.572. The first-order chi connectivity index (χ1) is 10.2. The molecule has 1 aromatic rings. The van der Waals surface area contributed by atoms with Gasteiger partial charge in [0.15, 0.2) is 5.72 Å². The summed E-state index contributed by atoms with van der Waals surface area (Å²) < 4.78 is 5.65. The molecule has 1 atom stereocenters. The Bertz CT molecular complexity index is 591. The minimum absolute atomic E-state index is 0.122. The van der Waals surface area contributed by atoms with Crippen LogP contribution < -0.4 is 0 Å². The molecule has 5 nitrogen and oxygen atoms in total. The molecule has 1 heterocycles. The number of hydrogen-bond donors (Lipinski definition) is 3. The first kappa shape index (κ1) is 17.3. The first-order valence-electron chi connectivity index (χ1n) is 6.89. The van der Waals surface area contributed by atoms with Crippen LogP contribution in [-0.2, 0) is 11.3 Å². The van der Waals surface area contributed by atoms with E-state index in [4.69, 9.17) is 17.0 Å². The van der Waals surface area contributed by atoms with Crippen LogP contribution in [0.4, 0.5) is 0 Å². The monoisotopic (exact) mass is 343 g/mol. The van der Waals surface area contributed by atoms with Gasteiger partial charge >= 0.3 is 0 Å². The molecule has 0 radical (unpaired) electrons. The number of thiocarbonyl (C=S) groups is 1. The fraction of sp³-hybridized carbons (Fsp3) is 0.533. The Kier molecular flexibility index (Phi) is 4.91. The van der Waals surface area contributed by atoms with E-state index >= 15 is 0 Å². The number of aliphatic hydroxyl groups is 1. The third-order valence-electron chi connectivity index (χ3n) is 4.21. The highest BCUT2D eigenvalue weighted by Crippen LogP contribution is 2.40. The van der Waals surface area contributed by atoms with Crippen molar-refractivity contribution in [3.8, 4) is 11.5 Å². The summed E-state index contributed by atoms with van der Waals surface area (Å²) in [5.74, 6) is 0.710. The molecular weight excluding hydrogens is 322 g/mol. The molecule has 1 saturated heterocycles. The highest BCUT2D eigenvalue weighted by molar-refractivity contribution is 8.23. The fourth-order valence-corrected chi connectivity index (χ4v) is 4.00. The van der Waals surface area contributed by atoms with Gasteiger partial charge in [0, 0.05) is 12.7 Å². The molecule has 1 fully saturated rings. The molecule has 1 unspecified atom stereocenters. The van der Waals surface area contributed by atoms with E-state index < -0.39 is 5.72 Å². The number of thioether (sulfide) groups is 1. The van der Waals surface area contributed by atoms with Crippen molar-refractivity contribution >= 4 is 28.3 Å². The number of ether oxygens (including phenoxy) is 1. The number of benzene rings is 1. The van der Waals surface area contributed by atoms with Gasteiger partial charge < -0.3 is 25.0 Å². The van der Waals surface area contributed by atoms with Crippen LogP contribution in [0.1, 0.15) is 22.3 Å². The number of aromatic hydroxyl groups is 2. The third-order valence-corrected chi connectivity index (χ3v) is 5.86. The molecule has 0 bridgehead atoms. The number of hydrogen-bond acceptors (Lipinski definition) is 6. The molecule has 3 N–H and O–H groups in total. The lowest BCUT2D eigenvalue weighted by Crippen LogP contribution is -2.50. The van der Waals surface area contributed by atoms with E-state index in [0.29, 0.717) is 32.3 Å². The van der Waals surface area contributed by atoms with Crippen LogP contribution >= 0.6 is 24.0 Å². The highest BCUT2D eigenvalue weighted by atomic mass is 32.2. The number of phenolic OH excluding ortho intramolecular Hbond substituents is 2. The molecule has 0 spiro atoms. The summed E-state index contributed by atoms with van der Waals surface area (Å²) in [7, 11) is 1.52. The topological polar surface area (TPSA) is 73.2 Å². The fourth-order valence-electron chi connectivity index (χ4n) is 2.60. The van der Waals surface area contributed by atoms with Gasteiger partial charge in [0.25, 0.3) is 0 Å². The predicted molar refractivity (Wildman–Crippen MR) is 91.4 cm³/mol. The van der Waals surface area contributed by atoms with Gasteiger partial charge in [-0.2, -0.15) is 0 Å². The summed E-state index contributed by atoms with van der Waals surface area (Å²) in [5.41, 5.74) is 1.25. The maximum atomic E-state index is 10.7. The maximum absolute atomic E-state index is 10.7. The normalized spacial score (nSPS) is 21.7. The largest absolute Gasteiger partial charge is 0.507 e. The molecular formula is C15H21NO4S2. The van der Waals surface area contributed by atoms with Gasteiger partial charge in [0.2, 0.25) is 0 Å². The van der Waals surface area contributed by atoms with E-state index in [1.165, 1.54) is 18.9 Å². The molecule has 7 heteroatoms. The second-order valence-corrected chi connectivity index (χ2v) is 7.22. The number of methoxy groups -OCH3 is 1. The van der Waals surface area contributed by atoms with Gasteiger partial charge in [0.05, 0.1) is 18.9 Å². The Hall–Kier alpha value is -1.02. The van der Waals surface area contributed by atoms with Crippen molar-refractivity contribution in [1.29, 1.82) is 0 Å². The molecule has 0 aromatic heterocycles. The van der Waals surface area contributed by atoms with E-state index in [1.54, 1.807) is 25.7 Å². The molecule has 22 heavy (non-hydrogen) atoms. The van der Waals surface area contributed by atoms with Gasteiger partial charge in [-0.1, -0.05) is 24.0 Å². The summed E-state index contributed by atoms with van der Waals surface area (Å²) in [4.78, 5) is 1.65. The first-order valence-corrected chi connectivity index (χ1v) is 8.28. The lowest BCUT2D eigenvalue weighted by molar-refractivity contribution is -0.0942. The smallest absolute Gasteiger partial charge is 0.172 e. The Balaban J connectivity index is 2.44. The molecule has 1 aromatic carbocycles. The van der Waals surface area contributed by atoms with Gasteiger partial charge in [0.1, 0.15) is 15.8 Å². The van der Waals surface area contributed by atoms with Crippen molar-refractivity contribution in [2.75, 3.05) is 19.5 Å². The summed E-state index contributed by atoms with van der Waals surface area (Å²) >= 11 is 6.69. The van der Waals surface area contributed by atoms with Crippen LogP contribution in [0, 0.1) is 20.8 Å². The minimum atomic E-state index is -1.20. The van der Waals surface area contributed by atoms with Crippen molar-refractivity contribution in [2.24, 2.45) is 0 Å². The van der Waals surface area contributed by atoms with E-state index in [1.807, 2.05) is 0 Å². The van der Waals surface area contributed by atoms with E-state index in [-0.39, 0.29) is 24.7 Å². The molecule has 0 aliphatic carbocycles. The summed E-state index contributed by atoms with van der Waals surface area (Å²) in [6, 6.07) is 0. The standard InChI is InChI=1S/C15H21NO4S2/c1-8-9(2)13(18)11(10(3)12(8)17)5-16-14(21)22-7-15(16,19)6-20-4/h17-19H,5-7H2,1-4H3. The Morgan fingerprint density at radius 3 is 2.36 bits per heavy atom. The van der Waals surface area contributed by atoms with E-state index in [0.717, 1.165) is 0 Å². The average Bonchev–Trinajstić information content (AvgIpc) is 2.75. The highest BCUT2D eigenvalue weighted by Gasteiger charge is 2.43. The van der Waals surface area contributed by atoms with E-state index in [9.17, 15) is 15.3 Å². The number of phenols is 2. The number of rotatable bonds is 4. The zero-order valence-corrected chi connectivity index (χ0v) is 14.8. The Morgan fingerprint density at radius 2 is 1.77 bits per heavy atom. The van der Waals surface area contributed by atoms with Crippen molar-refractivity contribution in [2.45, 2.75) is 33.0 Å². The molecule has 1 aliphatic rings. The molecule has 0 amide bonds. The molecule has 122 valence electrons. The van der Waals surface area contributed by atoms with Crippen molar-refractivity contribution < 1.29 is 20.1 Å². The lowest BCUT2D eigenvalue weighted by atomic mass is 9.96. The van der Waals surface area contributed by atoms with Crippen LogP contribution in [0.25, 0.3) is 0 Å². The zero-order chi connectivity index (χ0) is 16.7. The van der Waals surface area contributed by atoms with E-state index in [2.05, 4.69) is 0 Å². The Morgan fingerprint density at radius 1 is 1.18 bits per heavy atom. The van der Waals surface area contributed by atoms with Gasteiger partial charge in [-0.15, -0.1) is 0 Å². The summed E-state index contributed by atoms with van der Waals surface area (Å²) in [6.07, 6.45) is 0.